The van der Waals surface area contributed by atoms with Crippen LogP contribution in [0.1, 0.15) is 124 Å². The summed E-state index contributed by atoms with van der Waals surface area (Å²) in [7, 11) is 0. The minimum Gasteiger partial charge on any atom is -0.490 e. The van der Waals surface area contributed by atoms with Crippen LogP contribution in [0.15, 0.2) is 30.8 Å². The van der Waals surface area contributed by atoms with E-state index in [9.17, 15) is 0 Å². The molecule has 1 aromatic carbocycles. The van der Waals surface area contributed by atoms with E-state index in [1.54, 1.807) is 0 Å². The third kappa shape index (κ3) is 5.19. The van der Waals surface area contributed by atoms with Gasteiger partial charge in [-0.15, -0.1) is 0 Å². The zero-order valence-corrected chi connectivity index (χ0v) is 25.0. The first-order valence-corrected chi connectivity index (χ1v) is 16.0. The van der Waals surface area contributed by atoms with E-state index < -0.39 is 0 Å². The van der Waals surface area contributed by atoms with E-state index in [0.717, 1.165) is 52.7 Å². The second-order valence-corrected chi connectivity index (χ2v) is 15.0. The molecule has 0 saturated heterocycles. The zero-order chi connectivity index (χ0) is 26.4. The van der Waals surface area contributed by atoms with Gasteiger partial charge in [-0.1, -0.05) is 78.2 Å². The van der Waals surface area contributed by atoms with Crippen molar-refractivity contribution in [2.75, 3.05) is 0 Å². The molecule has 0 N–H and O–H groups in total. The number of ether oxygens (including phenoxy) is 1. The van der Waals surface area contributed by atoms with Crippen molar-refractivity contribution < 1.29 is 4.74 Å². The first-order valence-electron chi connectivity index (χ1n) is 16.0. The number of fused-ring (bicyclic) bond motifs is 5. The maximum Gasteiger partial charge on any atom is 0.119 e. The predicted molar refractivity (Wildman–Crippen MR) is 159 cm³/mol. The summed E-state index contributed by atoms with van der Waals surface area (Å²) in [5.41, 5.74) is 3.48. The van der Waals surface area contributed by atoms with Gasteiger partial charge in [0.25, 0.3) is 0 Å². The van der Waals surface area contributed by atoms with Gasteiger partial charge in [0.15, 0.2) is 0 Å². The third-order valence-electron chi connectivity index (χ3n) is 12.5. The Hall–Kier alpha value is -1.24. The Bertz CT molecular complexity index is 928. The zero-order valence-electron chi connectivity index (χ0n) is 25.0. The molecule has 0 radical (unpaired) electrons. The Balaban J connectivity index is 1.22. The summed E-state index contributed by atoms with van der Waals surface area (Å²) >= 11 is 0. The number of rotatable bonds is 8. The largest absolute Gasteiger partial charge is 0.490 e. The van der Waals surface area contributed by atoms with Crippen molar-refractivity contribution in [3.63, 3.8) is 0 Å². The van der Waals surface area contributed by atoms with Crippen molar-refractivity contribution in [3.05, 3.63) is 36.4 Å². The van der Waals surface area contributed by atoms with Gasteiger partial charge in [0.1, 0.15) is 5.75 Å². The lowest BCUT2D eigenvalue weighted by molar-refractivity contribution is -0.126. The molecular weight excluding hydrogens is 448 g/mol. The lowest BCUT2D eigenvalue weighted by Crippen LogP contribution is -2.54. The summed E-state index contributed by atoms with van der Waals surface area (Å²) in [4.78, 5) is 0. The first kappa shape index (κ1) is 27.3. The molecule has 206 valence electrons. The third-order valence-corrected chi connectivity index (χ3v) is 12.5. The van der Waals surface area contributed by atoms with Crippen LogP contribution >= 0.6 is 0 Å². The van der Waals surface area contributed by atoms with E-state index in [-0.39, 0.29) is 0 Å². The van der Waals surface area contributed by atoms with Gasteiger partial charge in [-0.2, -0.15) is 0 Å². The molecule has 1 heteroatoms. The Kier molecular flexibility index (Phi) is 7.93. The second-order valence-electron chi connectivity index (χ2n) is 15.0. The standard InChI is InChI=1S/C36H56O/c1-24(2)9-8-10-26(5)32-17-18-33-31-16-13-28-23-30(37-29-14-11-27(12-15-29)25(3)4)19-21-35(28,6)34(31)20-22-36(32,33)7/h11-12,14-15,24,26,28,30-34H,3,8-10,13,16-23H2,1-2,4-7H3/t26-,28?,30?,31?,32-,33?,34?,35+,36-/m1/s1. The van der Waals surface area contributed by atoms with Crippen molar-refractivity contribution in [1.82, 2.24) is 0 Å². The highest BCUT2D eigenvalue weighted by atomic mass is 16.5. The van der Waals surface area contributed by atoms with Gasteiger partial charge < -0.3 is 4.74 Å². The molecule has 4 aliphatic carbocycles. The fourth-order valence-electron chi connectivity index (χ4n) is 10.4. The lowest BCUT2D eigenvalue weighted by Gasteiger charge is -2.61. The van der Waals surface area contributed by atoms with Gasteiger partial charge in [0.05, 0.1) is 6.10 Å². The molecule has 4 saturated carbocycles. The lowest BCUT2D eigenvalue weighted by atomic mass is 9.44. The summed E-state index contributed by atoms with van der Waals surface area (Å²) in [6.07, 6.45) is 17.5. The fourth-order valence-corrected chi connectivity index (χ4v) is 10.4. The predicted octanol–water partition coefficient (Wildman–Crippen LogP) is 10.6. The maximum absolute atomic E-state index is 6.56. The van der Waals surface area contributed by atoms with E-state index in [1.807, 2.05) is 0 Å². The van der Waals surface area contributed by atoms with E-state index in [2.05, 4.69) is 72.4 Å². The summed E-state index contributed by atoms with van der Waals surface area (Å²) in [6.45, 7) is 19.0. The highest BCUT2D eigenvalue weighted by Gasteiger charge is 2.60. The van der Waals surface area contributed by atoms with Crippen LogP contribution in [-0.4, -0.2) is 6.10 Å². The average molecular weight is 505 g/mol. The normalized spacial score (nSPS) is 40.0. The molecule has 0 bridgehead atoms. The summed E-state index contributed by atoms with van der Waals surface area (Å²) < 4.78 is 6.56. The highest BCUT2D eigenvalue weighted by molar-refractivity contribution is 5.61. The molecule has 5 unspecified atom stereocenters. The van der Waals surface area contributed by atoms with Crippen molar-refractivity contribution in [1.29, 1.82) is 0 Å². The number of benzene rings is 1. The minimum atomic E-state index is 0.390. The van der Waals surface area contributed by atoms with Gasteiger partial charge in [-0.3, -0.25) is 0 Å². The quantitative estimate of drug-likeness (QED) is 0.342. The van der Waals surface area contributed by atoms with E-state index in [0.29, 0.717) is 16.9 Å². The van der Waals surface area contributed by atoms with Crippen molar-refractivity contribution in [2.45, 2.75) is 125 Å². The van der Waals surface area contributed by atoms with Crippen LogP contribution in [0.25, 0.3) is 5.57 Å². The topological polar surface area (TPSA) is 9.23 Å². The van der Waals surface area contributed by atoms with Crippen LogP contribution in [0.2, 0.25) is 0 Å². The van der Waals surface area contributed by atoms with Crippen molar-refractivity contribution >= 4 is 5.57 Å². The number of allylic oxidation sites excluding steroid dienone is 1. The minimum absolute atomic E-state index is 0.390. The maximum atomic E-state index is 6.56. The van der Waals surface area contributed by atoms with Crippen LogP contribution in [0, 0.1) is 52.3 Å². The monoisotopic (exact) mass is 504 g/mol. The van der Waals surface area contributed by atoms with Gasteiger partial charge >= 0.3 is 0 Å². The molecule has 1 nitrogen and oxygen atoms in total. The first-order chi connectivity index (χ1) is 17.6. The molecule has 5 rings (SSSR count). The van der Waals surface area contributed by atoms with Crippen LogP contribution in [0.4, 0.5) is 0 Å². The highest BCUT2D eigenvalue weighted by Crippen LogP contribution is 2.68. The van der Waals surface area contributed by atoms with Crippen LogP contribution in [0.5, 0.6) is 5.75 Å². The summed E-state index contributed by atoms with van der Waals surface area (Å²) in [6, 6.07) is 8.62. The smallest absolute Gasteiger partial charge is 0.119 e. The molecule has 4 fully saturated rings. The Labute approximate surface area is 229 Å². The molecule has 0 amide bonds. The van der Waals surface area contributed by atoms with E-state index >= 15 is 0 Å². The van der Waals surface area contributed by atoms with Gasteiger partial charge in [-0.05, 0) is 135 Å². The molecule has 4 aliphatic rings. The summed E-state index contributed by atoms with van der Waals surface area (Å²) in [5, 5.41) is 0. The van der Waals surface area contributed by atoms with Gasteiger partial charge in [0.2, 0.25) is 0 Å². The Morgan fingerprint density at radius 1 is 0.892 bits per heavy atom. The fraction of sp³-hybridized carbons (Fsp3) is 0.778. The summed E-state index contributed by atoms with van der Waals surface area (Å²) in [5.74, 6) is 7.55. The Morgan fingerprint density at radius 3 is 2.30 bits per heavy atom. The molecule has 9 atom stereocenters. The molecule has 1 aromatic rings. The molecular formula is C36H56O. The number of hydrogen-bond donors (Lipinski definition) is 0. The SMILES string of the molecule is C=C(C)c1ccc(OC2CC[C@@]3(C)C(CCC4C3CC[C@@]3(C)C4CC[C@@H]3[C@H](C)CCCC(C)C)C2)cc1. The average Bonchev–Trinajstić information content (AvgIpc) is 3.21. The molecule has 37 heavy (non-hydrogen) atoms. The van der Waals surface area contributed by atoms with Crippen LogP contribution < -0.4 is 4.74 Å². The second kappa shape index (κ2) is 10.7. The molecule has 0 aromatic heterocycles. The van der Waals surface area contributed by atoms with Gasteiger partial charge in [-0.25, -0.2) is 0 Å². The van der Waals surface area contributed by atoms with E-state index in [4.69, 9.17) is 4.74 Å². The molecule has 0 spiro atoms. The van der Waals surface area contributed by atoms with Gasteiger partial charge in [0, 0.05) is 0 Å². The van der Waals surface area contributed by atoms with Crippen LogP contribution in [0.3, 0.4) is 0 Å². The van der Waals surface area contributed by atoms with E-state index in [1.165, 1.54) is 82.6 Å². The van der Waals surface area contributed by atoms with Crippen molar-refractivity contribution in [3.8, 4) is 5.75 Å². The molecule has 0 heterocycles. The molecule has 0 aliphatic heterocycles. The van der Waals surface area contributed by atoms with Crippen molar-refractivity contribution in [2.24, 2.45) is 52.3 Å². The van der Waals surface area contributed by atoms with Crippen LogP contribution in [-0.2, 0) is 0 Å². The Morgan fingerprint density at radius 2 is 1.59 bits per heavy atom. The number of hydrogen-bond acceptors (Lipinski definition) is 1.